The molecular weight excluding hydrogens is 959 g/mol. The summed E-state index contributed by atoms with van der Waals surface area (Å²) >= 11 is 0. The lowest BCUT2D eigenvalue weighted by atomic mass is 10.00. The van der Waals surface area contributed by atoms with Crippen LogP contribution >= 0.6 is 0 Å². The largest absolute Gasteiger partial charge is 0.394 e. The Labute approximate surface area is 487 Å². The van der Waals surface area contributed by atoms with E-state index in [4.69, 9.17) is 0 Å². The van der Waals surface area contributed by atoms with Gasteiger partial charge >= 0.3 is 0 Å². The summed E-state index contributed by atoms with van der Waals surface area (Å²) in [7, 11) is 0. The number of aliphatic hydroxyl groups is 4. The first-order valence-electron chi connectivity index (χ1n) is 35.4. The van der Waals surface area contributed by atoms with Gasteiger partial charge in [-0.3, -0.25) is 4.79 Å². The molecule has 0 saturated carbocycles. The standard InChI is InChI=1S/C72H139NO5/c1-3-5-7-9-11-13-15-17-19-21-23-25-27-29-31-33-35-36-38-40-42-44-46-48-50-52-54-56-58-60-62-64-66-70(76)72(78)73-68(67-74)71(77)69(75)65-63-61-59-57-55-53-51-49-47-45-43-41-39-37-34-32-30-28-26-24-22-20-18-16-14-12-10-8-6-4-2/h29,31,49,51,57,59,68-71,74-77H,3-28,30,32-48,50,52-56,58,60-67H2,1-2H3,(H,73,78)/b31-29-,51-49+,59-57+. The van der Waals surface area contributed by atoms with Gasteiger partial charge in [-0.2, -0.15) is 0 Å². The predicted molar refractivity (Wildman–Crippen MR) is 344 cm³/mol. The summed E-state index contributed by atoms with van der Waals surface area (Å²) in [5, 5.41) is 44.2. The van der Waals surface area contributed by atoms with Crippen LogP contribution in [0.3, 0.4) is 0 Å². The molecule has 0 heterocycles. The minimum atomic E-state index is -1.29. The summed E-state index contributed by atoms with van der Waals surface area (Å²) in [5.74, 6) is -0.591. The van der Waals surface area contributed by atoms with Gasteiger partial charge in [-0.05, 0) is 77.0 Å². The first-order chi connectivity index (χ1) is 38.5. The SMILES string of the molecule is CCCCCCCCCCCCCC/C=C\CCCCCCCCCCCCCCCCCCC(O)C(=O)NC(CO)C(O)C(O)CCC/C=C/CC/C=C/CCCCCCCCCCCCCCCCCCCCCCC. The van der Waals surface area contributed by atoms with Crippen LogP contribution in [0, 0.1) is 0 Å². The minimum Gasteiger partial charge on any atom is -0.394 e. The van der Waals surface area contributed by atoms with E-state index in [1.807, 2.05) is 0 Å². The predicted octanol–water partition coefficient (Wildman–Crippen LogP) is 21.9. The highest BCUT2D eigenvalue weighted by molar-refractivity contribution is 5.80. The normalized spacial score (nSPS) is 13.7. The highest BCUT2D eigenvalue weighted by atomic mass is 16.3. The molecule has 0 aromatic heterocycles. The summed E-state index contributed by atoms with van der Waals surface area (Å²) in [5.41, 5.74) is 0. The summed E-state index contributed by atoms with van der Waals surface area (Å²) in [6.45, 7) is 4.09. The molecule has 4 unspecified atom stereocenters. The zero-order valence-corrected chi connectivity index (χ0v) is 52.7. The van der Waals surface area contributed by atoms with Crippen molar-refractivity contribution in [2.75, 3.05) is 6.61 Å². The third-order valence-electron chi connectivity index (χ3n) is 16.8. The van der Waals surface area contributed by atoms with E-state index in [-0.39, 0.29) is 0 Å². The molecule has 6 nitrogen and oxygen atoms in total. The topological polar surface area (TPSA) is 110 Å². The van der Waals surface area contributed by atoms with Gasteiger partial charge in [0, 0.05) is 0 Å². The maximum Gasteiger partial charge on any atom is 0.249 e. The smallest absolute Gasteiger partial charge is 0.249 e. The van der Waals surface area contributed by atoms with Crippen molar-refractivity contribution in [1.82, 2.24) is 5.32 Å². The van der Waals surface area contributed by atoms with Crippen molar-refractivity contribution in [3.05, 3.63) is 36.5 Å². The molecule has 4 atom stereocenters. The molecule has 0 bridgehead atoms. The number of carbonyl (C=O) groups excluding carboxylic acids is 1. The number of hydrogen-bond acceptors (Lipinski definition) is 5. The second kappa shape index (κ2) is 66.3. The third-order valence-corrected chi connectivity index (χ3v) is 16.8. The van der Waals surface area contributed by atoms with Gasteiger partial charge in [0.2, 0.25) is 5.91 Å². The van der Waals surface area contributed by atoms with E-state index < -0.39 is 36.9 Å². The molecule has 0 aromatic carbocycles. The zero-order valence-electron chi connectivity index (χ0n) is 52.7. The van der Waals surface area contributed by atoms with Crippen molar-refractivity contribution in [2.24, 2.45) is 0 Å². The Bertz CT molecular complexity index is 1230. The molecule has 0 spiro atoms. The fourth-order valence-corrected chi connectivity index (χ4v) is 11.3. The highest BCUT2D eigenvalue weighted by Crippen LogP contribution is 2.19. The lowest BCUT2D eigenvalue weighted by Gasteiger charge is -2.27. The number of hydrogen-bond donors (Lipinski definition) is 5. The maximum absolute atomic E-state index is 12.7. The van der Waals surface area contributed by atoms with Gasteiger partial charge in [-0.25, -0.2) is 0 Å². The second-order valence-corrected chi connectivity index (χ2v) is 24.6. The Morgan fingerprint density at radius 3 is 0.808 bits per heavy atom. The van der Waals surface area contributed by atoms with Crippen molar-refractivity contribution in [1.29, 1.82) is 0 Å². The number of unbranched alkanes of at least 4 members (excludes halogenated alkanes) is 51. The van der Waals surface area contributed by atoms with Crippen molar-refractivity contribution in [3.63, 3.8) is 0 Å². The van der Waals surface area contributed by atoms with Gasteiger partial charge in [-0.15, -0.1) is 0 Å². The van der Waals surface area contributed by atoms with E-state index in [9.17, 15) is 25.2 Å². The third kappa shape index (κ3) is 59.2. The Morgan fingerprint density at radius 2 is 0.538 bits per heavy atom. The van der Waals surface area contributed by atoms with Crippen molar-refractivity contribution < 1.29 is 25.2 Å². The molecule has 5 N–H and O–H groups in total. The lowest BCUT2D eigenvalue weighted by molar-refractivity contribution is -0.132. The van der Waals surface area contributed by atoms with E-state index in [0.717, 1.165) is 38.5 Å². The van der Waals surface area contributed by atoms with Gasteiger partial charge in [0.25, 0.3) is 0 Å². The van der Waals surface area contributed by atoms with Crippen LogP contribution in [0.5, 0.6) is 0 Å². The van der Waals surface area contributed by atoms with E-state index in [0.29, 0.717) is 19.3 Å². The van der Waals surface area contributed by atoms with Crippen molar-refractivity contribution in [3.8, 4) is 0 Å². The second-order valence-electron chi connectivity index (χ2n) is 24.6. The van der Waals surface area contributed by atoms with Gasteiger partial charge < -0.3 is 25.7 Å². The Morgan fingerprint density at radius 1 is 0.308 bits per heavy atom. The van der Waals surface area contributed by atoms with Crippen LogP contribution in [0.1, 0.15) is 386 Å². The molecular formula is C72H139NO5. The molecule has 1 amide bonds. The number of allylic oxidation sites excluding steroid dienone is 6. The summed E-state index contributed by atoms with van der Waals surface area (Å²) in [6.07, 6.45) is 85.7. The van der Waals surface area contributed by atoms with E-state index in [2.05, 4.69) is 55.6 Å². The van der Waals surface area contributed by atoms with Crippen molar-refractivity contribution in [2.45, 2.75) is 411 Å². The van der Waals surface area contributed by atoms with Crippen LogP contribution in [0.4, 0.5) is 0 Å². The van der Waals surface area contributed by atoms with E-state index in [1.54, 1.807) is 0 Å². The maximum atomic E-state index is 12.7. The highest BCUT2D eigenvalue weighted by Gasteiger charge is 2.28. The molecule has 0 aliphatic rings. The Kier molecular flexibility index (Phi) is 65.1. The number of carbonyl (C=O) groups is 1. The molecule has 0 aliphatic heterocycles. The fraction of sp³-hybridized carbons (Fsp3) is 0.903. The molecule has 0 aliphatic carbocycles. The van der Waals surface area contributed by atoms with Crippen LogP contribution in [-0.4, -0.2) is 57.3 Å². The molecule has 0 aromatic rings. The van der Waals surface area contributed by atoms with Gasteiger partial charge in [0.15, 0.2) is 0 Å². The zero-order chi connectivity index (χ0) is 56.6. The summed E-state index contributed by atoms with van der Waals surface area (Å²) in [4.78, 5) is 12.7. The Hall–Kier alpha value is -1.47. The number of amides is 1. The average Bonchev–Trinajstić information content (AvgIpc) is 3.45. The first-order valence-corrected chi connectivity index (χ1v) is 35.4. The average molecular weight is 1100 g/mol. The van der Waals surface area contributed by atoms with Crippen molar-refractivity contribution >= 4 is 5.91 Å². The van der Waals surface area contributed by atoms with Gasteiger partial charge in [-0.1, -0.05) is 346 Å². The molecule has 6 heteroatoms. The first kappa shape index (κ1) is 76.5. The molecule has 462 valence electrons. The molecule has 78 heavy (non-hydrogen) atoms. The monoisotopic (exact) mass is 1100 g/mol. The minimum absolute atomic E-state index is 0.362. The summed E-state index contributed by atoms with van der Waals surface area (Å²) < 4.78 is 0. The lowest BCUT2D eigenvalue weighted by Crippen LogP contribution is -2.53. The number of aliphatic hydroxyl groups excluding tert-OH is 4. The van der Waals surface area contributed by atoms with Gasteiger partial charge in [0.1, 0.15) is 12.2 Å². The van der Waals surface area contributed by atoms with Crippen LogP contribution in [0.25, 0.3) is 0 Å². The number of rotatable bonds is 66. The van der Waals surface area contributed by atoms with Crippen LogP contribution in [-0.2, 0) is 4.79 Å². The molecule has 0 rings (SSSR count). The van der Waals surface area contributed by atoms with Crippen LogP contribution in [0.2, 0.25) is 0 Å². The summed E-state index contributed by atoms with van der Waals surface area (Å²) in [6, 6.07) is -1.01. The van der Waals surface area contributed by atoms with Crippen LogP contribution < -0.4 is 5.32 Å². The van der Waals surface area contributed by atoms with Crippen LogP contribution in [0.15, 0.2) is 36.5 Å². The number of nitrogens with one attached hydrogen (secondary N) is 1. The quantitative estimate of drug-likeness (QED) is 0.0308. The molecule has 0 saturated heterocycles. The Balaban J connectivity index is 3.58. The molecule has 0 radical (unpaired) electrons. The molecule has 0 fully saturated rings. The fourth-order valence-electron chi connectivity index (χ4n) is 11.3. The van der Waals surface area contributed by atoms with Gasteiger partial charge in [0.05, 0.1) is 18.8 Å². The van der Waals surface area contributed by atoms with E-state index in [1.165, 1.54) is 315 Å². The van der Waals surface area contributed by atoms with E-state index >= 15 is 0 Å².